The van der Waals surface area contributed by atoms with Gasteiger partial charge in [-0.15, -0.1) is 34.9 Å². The number of thioether (sulfide) groups is 2. The van der Waals surface area contributed by atoms with Crippen molar-refractivity contribution in [3.05, 3.63) is 75.2 Å². The molecule has 3 nitrogen and oxygen atoms in total. The lowest BCUT2D eigenvalue weighted by atomic mass is 10.2. The van der Waals surface area contributed by atoms with Crippen molar-refractivity contribution < 1.29 is 14.3 Å². The van der Waals surface area contributed by atoms with Crippen molar-refractivity contribution in [2.45, 2.75) is 23.6 Å². The van der Waals surface area contributed by atoms with Crippen molar-refractivity contribution in [1.29, 1.82) is 0 Å². The van der Waals surface area contributed by atoms with Crippen LogP contribution < -0.4 is 0 Å². The zero-order valence-corrected chi connectivity index (χ0v) is 17.2. The summed E-state index contributed by atoms with van der Waals surface area (Å²) in [7, 11) is 0. The van der Waals surface area contributed by atoms with Gasteiger partial charge in [-0.3, -0.25) is 0 Å². The van der Waals surface area contributed by atoms with Crippen LogP contribution in [0.1, 0.15) is 11.8 Å². The maximum Gasteiger partial charge on any atom is 0.338 e. The molecule has 27 heavy (non-hydrogen) atoms. The first-order valence-electron chi connectivity index (χ1n) is 8.49. The topological polar surface area (TPSA) is 40.5 Å². The molecule has 1 atom stereocenters. The van der Waals surface area contributed by atoms with E-state index in [4.69, 9.17) is 0 Å². The van der Waals surface area contributed by atoms with Crippen molar-refractivity contribution in [2.24, 2.45) is 0 Å². The minimum absolute atomic E-state index is 0.240. The van der Waals surface area contributed by atoms with Gasteiger partial charge in [0.05, 0.1) is 17.1 Å². The predicted octanol–water partition coefficient (Wildman–Crippen LogP) is 5.47. The van der Waals surface area contributed by atoms with Gasteiger partial charge in [0.25, 0.3) is 0 Å². The van der Waals surface area contributed by atoms with E-state index < -0.39 is 5.97 Å². The largest absolute Gasteiger partial charge is 0.478 e. The lowest BCUT2D eigenvalue weighted by Gasteiger charge is -2.29. The minimum atomic E-state index is -0.900. The summed E-state index contributed by atoms with van der Waals surface area (Å²) in [6.45, 7) is 3.52. The van der Waals surface area contributed by atoms with Gasteiger partial charge in [-0.2, -0.15) is 0 Å². The second-order valence-corrected chi connectivity index (χ2v) is 9.63. The highest BCUT2D eigenvalue weighted by molar-refractivity contribution is 8.05. The van der Waals surface area contributed by atoms with Gasteiger partial charge in [0.15, 0.2) is 0 Å². The van der Waals surface area contributed by atoms with E-state index in [0.29, 0.717) is 18.7 Å². The summed E-state index contributed by atoms with van der Waals surface area (Å²) in [5.41, 5.74) is 0.349. The van der Waals surface area contributed by atoms with E-state index in [1.807, 2.05) is 17.5 Å². The van der Waals surface area contributed by atoms with Crippen LogP contribution in [0.2, 0.25) is 0 Å². The fourth-order valence-corrected chi connectivity index (χ4v) is 5.64. The van der Waals surface area contributed by atoms with E-state index >= 15 is 0 Å². The molecule has 142 valence electrons. The first-order chi connectivity index (χ1) is 13.0. The van der Waals surface area contributed by atoms with Gasteiger partial charge in [0.1, 0.15) is 5.82 Å². The van der Waals surface area contributed by atoms with Crippen LogP contribution in [0.5, 0.6) is 0 Å². The molecule has 1 N–H and O–H groups in total. The van der Waals surface area contributed by atoms with E-state index in [0.717, 1.165) is 15.7 Å². The molecule has 2 aromatic rings. The molecule has 3 rings (SSSR count). The molecule has 0 spiro atoms. The minimum Gasteiger partial charge on any atom is -0.478 e. The molecule has 0 saturated heterocycles. The molecule has 2 heterocycles. The van der Waals surface area contributed by atoms with Gasteiger partial charge in [0.2, 0.25) is 0 Å². The Bertz CT molecular complexity index is 831. The number of aliphatic carboxylic acids is 1. The van der Waals surface area contributed by atoms with Gasteiger partial charge in [-0.25, -0.2) is 9.18 Å². The van der Waals surface area contributed by atoms with Crippen LogP contribution in [0.25, 0.3) is 0 Å². The maximum absolute atomic E-state index is 13.0. The Labute approximate surface area is 171 Å². The van der Waals surface area contributed by atoms with Gasteiger partial charge in [-0.1, -0.05) is 19.1 Å². The molecule has 0 amide bonds. The number of carbonyl (C=O) groups is 1. The number of hydrogen-bond donors (Lipinski definition) is 1. The van der Waals surface area contributed by atoms with Crippen molar-refractivity contribution >= 4 is 40.8 Å². The number of carboxylic acids is 1. The number of carboxylic acid groups (broad SMARTS) is 1. The molecule has 0 fully saturated rings. The summed E-state index contributed by atoms with van der Waals surface area (Å²) in [6.07, 6.45) is 3.60. The normalized spacial score (nSPS) is 15.3. The number of rotatable bonds is 8. The summed E-state index contributed by atoms with van der Waals surface area (Å²) >= 11 is 4.92. The molecular formula is C20H20FNO2S3. The summed E-state index contributed by atoms with van der Waals surface area (Å²) < 4.78 is 13.0. The first kappa shape index (κ1) is 20.0. The quantitative estimate of drug-likeness (QED) is 0.573. The van der Waals surface area contributed by atoms with E-state index in [9.17, 15) is 14.3 Å². The van der Waals surface area contributed by atoms with Crippen LogP contribution >= 0.6 is 34.9 Å². The van der Waals surface area contributed by atoms with Crippen LogP contribution in [-0.4, -0.2) is 33.5 Å². The lowest BCUT2D eigenvalue weighted by Crippen LogP contribution is -2.27. The second kappa shape index (κ2) is 9.48. The Morgan fingerprint density at radius 2 is 2.11 bits per heavy atom. The van der Waals surface area contributed by atoms with Crippen LogP contribution in [0.4, 0.5) is 4.39 Å². The summed E-state index contributed by atoms with van der Waals surface area (Å²) in [4.78, 5) is 16.0. The Balaban J connectivity index is 1.68. The highest BCUT2D eigenvalue weighted by Gasteiger charge is 2.22. The smallest absolute Gasteiger partial charge is 0.338 e. The third-order valence-corrected chi connectivity index (χ3v) is 7.49. The zero-order valence-electron chi connectivity index (χ0n) is 14.8. The van der Waals surface area contributed by atoms with Crippen LogP contribution in [-0.2, 0) is 11.3 Å². The standard InChI is InChI=1S/C20H20FNO2S3/c1-14(27-16-8-6-15(21)7-9-16)13-26-19-18(20(23)24)5-2-10-22(19)12-17-4-3-11-25-17/h2-9,11,14H,10,12-13H2,1H3,(H,23,24). The Kier molecular flexibility index (Phi) is 7.04. The third-order valence-electron chi connectivity index (χ3n) is 3.89. The molecule has 1 unspecified atom stereocenters. The average Bonchev–Trinajstić information content (AvgIpc) is 3.15. The highest BCUT2D eigenvalue weighted by Crippen LogP contribution is 2.34. The average molecular weight is 422 g/mol. The highest BCUT2D eigenvalue weighted by atomic mass is 32.2. The van der Waals surface area contributed by atoms with Crippen LogP contribution in [0.3, 0.4) is 0 Å². The monoisotopic (exact) mass is 421 g/mol. The second-order valence-electron chi connectivity index (χ2n) is 6.08. The maximum atomic E-state index is 13.0. The molecular weight excluding hydrogens is 401 g/mol. The van der Waals surface area contributed by atoms with E-state index in [1.54, 1.807) is 53.1 Å². The Morgan fingerprint density at radius 1 is 1.33 bits per heavy atom. The number of halogens is 1. The number of benzene rings is 1. The molecule has 0 bridgehead atoms. The van der Waals surface area contributed by atoms with Crippen molar-refractivity contribution in [1.82, 2.24) is 4.90 Å². The first-order valence-corrected chi connectivity index (χ1v) is 11.2. The van der Waals surface area contributed by atoms with Crippen molar-refractivity contribution in [2.75, 3.05) is 12.3 Å². The number of thiophene rings is 1. The SMILES string of the molecule is CC(CSC1=C(C(=O)O)C=CCN1Cc1cccs1)Sc1ccc(F)cc1. The molecule has 1 aromatic heterocycles. The molecule has 7 heteroatoms. The molecule has 1 aliphatic rings. The molecule has 0 saturated carbocycles. The van der Waals surface area contributed by atoms with Gasteiger partial charge < -0.3 is 10.0 Å². The van der Waals surface area contributed by atoms with Crippen LogP contribution in [0.15, 0.2) is 69.4 Å². The fourth-order valence-electron chi connectivity index (χ4n) is 2.66. The van der Waals surface area contributed by atoms with Crippen molar-refractivity contribution in [3.63, 3.8) is 0 Å². The summed E-state index contributed by atoms with van der Waals surface area (Å²) in [6, 6.07) is 10.5. The zero-order chi connectivity index (χ0) is 19.2. The lowest BCUT2D eigenvalue weighted by molar-refractivity contribution is -0.132. The predicted molar refractivity (Wildman–Crippen MR) is 113 cm³/mol. The molecule has 0 radical (unpaired) electrons. The van der Waals surface area contributed by atoms with Crippen molar-refractivity contribution in [3.8, 4) is 0 Å². The summed E-state index contributed by atoms with van der Waals surface area (Å²) in [5.74, 6) is -0.373. The van der Waals surface area contributed by atoms with Crippen LogP contribution in [0, 0.1) is 5.82 Å². The summed E-state index contributed by atoms with van der Waals surface area (Å²) in [5, 5.41) is 12.7. The van der Waals surface area contributed by atoms with Gasteiger partial charge in [0, 0.05) is 27.3 Å². The van der Waals surface area contributed by atoms with Gasteiger partial charge >= 0.3 is 5.97 Å². The molecule has 0 aliphatic carbocycles. The third kappa shape index (κ3) is 5.64. The van der Waals surface area contributed by atoms with E-state index in [-0.39, 0.29) is 11.1 Å². The Hall–Kier alpha value is -1.70. The van der Waals surface area contributed by atoms with E-state index in [2.05, 4.69) is 17.9 Å². The Morgan fingerprint density at radius 3 is 2.78 bits per heavy atom. The number of hydrogen-bond acceptors (Lipinski definition) is 5. The fraction of sp³-hybridized carbons (Fsp3) is 0.250. The molecule has 1 aliphatic heterocycles. The van der Waals surface area contributed by atoms with E-state index in [1.165, 1.54) is 17.0 Å². The van der Waals surface area contributed by atoms with Gasteiger partial charge in [-0.05, 0) is 41.8 Å². The number of nitrogens with zero attached hydrogens (tertiary/aromatic N) is 1. The molecule has 1 aromatic carbocycles.